The molecule has 3 N–H and O–H groups in total. The number of hydrogen-bond donors (Lipinski definition) is 2. The van der Waals surface area contributed by atoms with Crippen molar-refractivity contribution in [3.63, 3.8) is 0 Å². The van der Waals surface area contributed by atoms with Gasteiger partial charge in [-0.3, -0.25) is 4.72 Å². The fourth-order valence-corrected chi connectivity index (χ4v) is 2.28. The molecule has 0 aliphatic rings. The Morgan fingerprint density at radius 1 is 1.06 bits per heavy atom. The van der Waals surface area contributed by atoms with Crippen LogP contribution >= 0.6 is 0 Å². The van der Waals surface area contributed by atoms with Crippen LogP contribution in [0.4, 0.5) is 11.5 Å². The number of anilines is 2. The molecule has 0 aliphatic carbocycles. The summed E-state index contributed by atoms with van der Waals surface area (Å²) in [6, 6.07) is 10.9. The summed E-state index contributed by atoms with van der Waals surface area (Å²) >= 11 is 0. The van der Waals surface area contributed by atoms with E-state index in [2.05, 4.69) is 9.71 Å². The van der Waals surface area contributed by atoms with E-state index in [1.54, 1.807) is 18.2 Å². The van der Waals surface area contributed by atoms with Gasteiger partial charge in [-0.25, -0.2) is 13.4 Å². The Morgan fingerprint density at radius 3 is 2.28 bits per heavy atom. The van der Waals surface area contributed by atoms with Crippen molar-refractivity contribution in [1.82, 2.24) is 4.98 Å². The van der Waals surface area contributed by atoms with E-state index in [-0.39, 0.29) is 40.3 Å². The van der Waals surface area contributed by atoms with Crippen molar-refractivity contribution in [2.75, 3.05) is 10.5 Å². The number of pyridine rings is 1. The number of benzene rings is 1. The third kappa shape index (κ3) is 3.71. The number of nitrogens with zero attached hydrogens (tertiary/aromatic N) is 1. The molecule has 2 aromatic rings. The van der Waals surface area contributed by atoms with E-state index >= 15 is 0 Å². The molecule has 0 radical (unpaired) electrons. The van der Waals surface area contributed by atoms with E-state index < -0.39 is 10.0 Å². The predicted molar refractivity (Wildman–Crippen MR) is 73.0 cm³/mol. The van der Waals surface area contributed by atoms with Crippen molar-refractivity contribution in [3.8, 4) is 0 Å². The summed E-state index contributed by atoms with van der Waals surface area (Å²) < 4.78 is 26.2. The van der Waals surface area contributed by atoms with Gasteiger partial charge in [0.25, 0.3) is 10.0 Å². The number of nitrogens with two attached hydrogens (primary N) is 1. The van der Waals surface area contributed by atoms with Gasteiger partial charge in [0.15, 0.2) is 0 Å². The minimum absolute atomic E-state index is 0. The maximum atomic E-state index is 11.9. The predicted octanol–water partition coefficient (Wildman–Crippen LogP) is 0.816. The molecule has 0 spiro atoms. The average Bonchev–Trinajstić information content (AvgIpc) is 2.30. The van der Waals surface area contributed by atoms with Gasteiger partial charge in [-0.05, 0) is 36.4 Å². The number of rotatable bonds is 3. The molecule has 1 aromatic heterocycles. The number of nitrogen functional groups attached to an aromatic ring is 1. The molecule has 0 bridgehead atoms. The van der Waals surface area contributed by atoms with Crippen LogP contribution in [0.5, 0.6) is 0 Å². The van der Waals surface area contributed by atoms with Gasteiger partial charge in [0.1, 0.15) is 5.82 Å². The summed E-state index contributed by atoms with van der Waals surface area (Å²) in [5.41, 5.74) is 6.01. The zero-order valence-corrected chi connectivity index (χ0v) is 9.68. The molecule has 18 heavy (non-hydrogen) atoms. The Bertz CT molecular complexity index is 600. The molecular weight excluding hydrogens is 261 g/mol. The first-order valence-corrected chi connectivity index (χ1v) is 6.36. The molecule has 0 aliphatic heterocycles. The topological polar surface area (TPSA) is 85.1 Å². The van der Waals surface area contributed by atoms with Gasteiger partial charge >= 0.3 is 29.6 Å². The zero-order valence-electron chi connectivity index (χ0n) is 8.87. The standard InChI is InChI=1S/C11H11N3O2S.Na.H/c12-9-4-6-10(7-5-9)17(15,16)14-11-3-1-2-8-13-11;;/h1-8H,12H2,(H,13,14);;. The summed E-state index contributed by atoms with van der Waals surface area (Å²) in [6.07, 6.45) is 1.51. The summed E-state index contributed by atoms with van der Waals surface area (Å²) in [6.45, 7) is 0. The number of sulfonamides is 1. The average molecular weight is 273 g/mol. The second kappa shape index (κ2) is 6.19. The number of nitrogens with one attached hydrogen (secondary N) is 1. The molecule has 7 heteroatoms. The third-order valence-electron chi connectivity index (χ3n) is 2.09. The fraction of sp³-hybridized carbons (Fsp3) is 0. The van der Waals surface area contributed by atoms with Crippen LogP contribution in [-0.2, 0) is 10.0 Å². The summed E-state index contributed by atoms with van der Waals surface area (Å²) in [7, 11) is -3.60. The van der Waals surface area contributed by atoms with Crippen LogP contribution < -0.4 is 10.5 Å². The Morgan fingerprint density at radius 2 is 1.72 bits per heavy atom. The van der Waals surface area contributed by atoms with Crippen molar-refractivity contribution >= 4 is 51.1 Å². The Labute approximate surface area is 128 Å². The molecule has 2 rings (SSSR count). The van der Waals surface area contributed by atoms with Crippen LogP contribution in [0.25, 0.3) is 0 Å². The Hall–Kier alpha value is -1.08. The van der Waals surface area contributed by atoms with Crippen molar-refractivity contribution in [3.05, 3.63) is 48.7 Å². The minimum atomic E-state index is -3.60. The molecular formula is C11H12N3NaO2S. The van der Waals surface area contributed by atoms with Gasteiger partial charge in [0.2, 0.25) is 0 Å². The van der Waals surface area contributed by atoms with Crippen LogP contribution in [-0.4, -0.2) is 43.0 Å². The summed E-state index contributed by atoms with van der Waals surface area (Å²) in [5.74, 6) is 0.282. The molecule has 0 atom stereocenters. The first-order valence-electron chi connectivity index (χ1n) is 4.87. The first-order chi connectivity index (χ1) is 8.08. The Kier molecular flexibility index (Phi) is 5.15. The first kappa shape index (κ1) is 15.0. The van der Waals surface area contributed by atoms with Crippen molar-refractivity contribution in [1.29, 1.82) is 0 Å². The monoisotopic (exact) mass is 273 g/mol. The van der Waals surface area contributed by atoms with E-state index in [1.165, 1.54) is 30.5 Å². The van der Waals surface area contributed by atoms with Gasteiger partial charge in [-0.1, -0.05) is 6.07 Å². The Balaban J connectivity index is 0.00000162. The molecule has 90 valence electrons. The quantitative estimate of drug-likeness (QED) is 0.640. The number of aromatic nitrogens is 1. The molecule has 0 saturated carbocycles. The zero-order chi connectivity index (χ0) is 12.3. The van der Waals surface area contributed by atoms with Crippen molar-refractivity contribution < 1.29 is 8.42 Å². The van der Waals surface area contributed by atoms with Crippen LogP contribution in [0.15, 0.2) is 53.6 Å². The molecule has 5 nitrogen and oxygen atoms in total. The molecule has 0 fully saturated rings. The maximum absolute atomic E-state index is 11.9. The summed E-state index contributed by atoms with van der Waals surface area (Å²) in [4.78, 5) is 4.04. The van der Waals surface area contributed by atoms with Crippen molar-refractivity contribution in [2.24, 2.45) is 0 Å². The van der Waals surface area contributed by atoms with Gasteiger partial charge in [0, 0.05) is 11.9 Å². The SMILES string of the molecule is Nc1ccc(S(=O)(=O)Nc2ccccn2)cc1.[NaH]. The molecule has 0 saturated heterocycles. The molecule has 1 heterocycles. The summed E-state index contributed by atoms with van der Waals surface area (Å²) in [5, 5.41) is 0. The van der Waals surface area contributed by atoms with E-state index in [0.717, 1.165) is 0 Å². The van der Waals surface area contributed by atoms with Crippen molar-refractivity contribution in [2.45, 2.75) is 4.90 Å². The molecule has 1 aromatic carbocycles. The van der Waals surface area contributed by atoms with E-state index in [4.69, 9.17) is 5.73 Å². The van der Waals surface area contributed by atoms with Crippen LogP contribution in [0.2, 0.25) is 0 Å². The second-order valence-electron chi connectivity index (χ2n) is 3.39. The van der Waals surface area contributed by atoms with E-state index in [0.29, 0.717) is 5.69 Å². The molecule has 0 unspecified atom stereocenters. The third-order valence-corrected chi connectivity index (χ3v) is 3.46. The van der Waals surface area contributed by atoms with E-state index in [1.807, 2.05) is 0 Å². The van der Waals surface area contributed by atoms with Crippen LogP contribution in [0.3, 0.4) is 0 Å². The second-order valence-corrected chi connectivity index (χ2v) is 5.07. The van der Waals surface area contributed by atoms with Gasteiger partial charge in [-0.2, -0.15) is 0 Å². The number of hydrogen-bond acceptors (Lipinski definition) is 4. The fourth-order valence-electron chi connectivity index (χ4n) is 1.27. The van der Waals surface area contributed by atoms with Crippen LogP contribution in [0.1, 0.15) is 0 Å². The normalized spacial score (nSPS) is 10.4. The van der Waals surface area contributed by atoms with E-state index in [9.17, 15) is 8.42 Å². The van der Waals surface area contributed by atoms with Gasteiger partial charge < -0.3 is 5.73 Å². The van der Waals surface area contributed by atoms with Gasteiger partial charge in [0.05, 0.1) is 4.90 Å². The van der Waals surface area contributed by atoms with Crippen LogP contribution in [0, 0.1) is 0 Å². The molecule has 0 amide bonds. The van der Waals surface area contributed by atoms with Gasteiger partial charge in [-0.15, -0.1) is 0 Å².